The number of nitrogens with one attached hydrogen (secondary N) is 1. The van der Waals surface area contributed by atoms with Crippen LogP contribution in [0.1, 0.15) is 26.2 Å². The maximum atomic E-state index is 12.0. The summed E-state index contributed by atoms with van der Waals surface area (Å²) < 4.78 is 5.22. The highest BCUT2D eigenvalue weighted by molar-refractivity contribution is 5.91. The van der Waals surface area contributed by atoms with Crippen molar-refractivity contribution in [1.29, 1.82) is 0 Å². The zero-order valence-electron chi connectivity index (χ0n) is 11.1. The minimum Gasteiger partial charge on any atom is -0.481 e. The minimum atomic E-state index is -1.10. The lowest BCUT2D eigenvalue weighted by Crippen LogP contribution is -2.57. The van der Waals surface area contributed by atoms with E-state index in [2.05, 4.69) is 5.32 Å². The molecule has 0 aromatic carbocycles. The van der Waals surface area contributed by atoms with E-state index in [0.717, 1.165) is 6.42 Å². The third-order valence-corrected chi connectivity index (χ3v) is 2.83. The summed E-state index contributed by atoms with van der Waals surface area (Å²) in [5, 5.41) is 11.4. The molecule has 2 amide bonds. The fraction of sp³-hybridized carbons (Fsp3) is 0.750. The molecule has 0 aromatic heterocycles. The fourth-order valence-corrected chi connectivity index (χ4v) is 1.93. The molecule has 0 saturated carbocycles. The topological polar surface area (TPSA) is 95.9 Å². The van der Waals surface area contributed by atoms with Gasteiger partial charge in [-0.05, 0) is 6.42 Å². The van der Waals surface area contributed by atoms with E-state index in [1.165, 1.54) is 4.90 Å². The van der Waals surface area contributed by atoms with E-state index in [0.29, 0.717) is 26.3 Å². The second-order valence-corrected chi connectivity index (χ2v) is 4.35. The van der Waals surface area contributed by atoms with E-state index in [9.17, 15) is 14.4 Å². The van der Waals surface area contributed by atoms with Gasteiger partial charge in [0, 0.05) is 19.7 Å². The Balaban J connectivity index is 2.53. The van der Waals surface area contributed by atoms with Crippen LogP contribution in [0.25, 0.3) is 0 Å². The number of piperazine rings is 1. The molecule has 0 spiro atoms. The second kappa shape index (κ2) is 7.73. The molecule has 1 aliphatic rings. The van der Waals surface area contributed by atoms with Crippen LogP contribution in [0.5, 0.6) is 0 Å². The third kappa shape index (κ3) is 4.86. The maximum absolute atomic E-state index is 12.0. The number of carbonyl (C=O) groups excluding carboxylic acids is 2. The third-order valence-electron chi connectivity index (χ3n) is 2.83. The molecule has 1 unspecified atom stereocenters. The fourth-order valence-electron chi connectivity index (χ4n) is 1.93. The van der Waals surface area contributed by atoms with Crippen LogP contribution in [0, 0.1) is 0 Å². The number of aliphatic carboxylic acids is 1. The molecule has 1 heterocycles. The first-order chi connectivity index (χ1) is 9.06. The standard InChI is InChI=1S/C12H20N2O5/c1-2-6-19-7-3-10(15)14-5-4-13-12(18)9(14)8-11(16)17/h9H,2-8H2,1H3,(H,13,18)(H,16,17). The molecule has 0 aliphatic carbocycles. The lowest BCUT2D eigenvalue weighted by Gasteiger charge is -2.34. The van der Waals surface area contributed by atoms with E-state index in [1.54, 1.807) is 0 Å². The zero-order valence-corrected chi connectivity index (χ0v) is 11.1. The van der Waals surface area contributed by atoms with Gasteiger partial charge < -0.3 is 20.1 Å². The highest BCUT2D eigenvalue weighted by atomic mass is 16.5. The molecule has 108 valence electrons. The lowest BCUT2D eigenvalue weighted by molar-refractivity contribution is -0.149. The summed E-state index contributed by atoms with van der Waals surface area (Å²) in [6.45, 7) is 3.56. The largest absolute Gasteiger partial charge is 0.481 e. The Morgan fingerprint density at radius 2 is 2.21 bits per heavy atom. The molecule has 0 bridgehead atoms. The Bertz CT molecular complexity index is 345. The van der Waals surface area contributed by atoms with Crippen molar-refractivity contribution >= 4 is 17.8 Å². The molecule has 1 aliphatic heterocycles. The number of rotatable bonds is 7. The summed E-state index contributed by atoms with van der Waals surface area (Å²) in [6, 6.07) is -0.912. The minimum absolute atomic E-state index is 0.170. The second-order valence-electron chi connectivity index (χ2n) is 4.35. The van der Waals surface area contributed by atoms with E-state index >= 15 is 0 Å². The predicted molar refractivity (Wildman–Crippen MR) is 66.5 cm³/mol. The summed E-state index contributed by atoms with van der Waals surface area (Å²) in [5.41, 5.74) is 0. The number of hydrogen-bond acceptors (Lipinski definition) is 4. The van der Waals surface area contributed by atoms with Gasteiger partial charge in [0.15, 0.2) is 0 Å². The molecule has 1 fully saturated rings. The van der Waals surface area contributed by atoms with Gasteiger partial charge in [-0.3, -0.25) is 14.4 Å². The van der Waals surface area contributed by atoms with Crippen LogP contribution in [0.4, 0.5) is 0 Å². The van der Waals surface area contributed by atoms with Crippen LogP contribution in [0.2, 0.25) is 0 Å². The quantitative estimate of drug-likeness (QED) is 0.615. The molecular formula is C12H20N2O5. The van der Waals surface area contributed by atoms with E-state index in [1.807, 2.05) is 6.92 Å². The van der Waals surface area contributed by atoms with Crippen LogP contribution in [0.3, 0.4) is 0 Å². The van der Waals surface area contributed by atoms with E-state index < -0.39 is 17.9 Å². The van der Waals surface area contributed by atoms with Crippen molar-refractivity contribution in [2.75, 3.05) is 26.3 Å². The number of carboxylic acids is 1. The summed E-state index contributed by atoms with van der Waals surface area (Å²) in [5.74, 6) is -1.74. The Morgan fingerprint density at radius 1 is 1.47 bits per heavy atom. The van der Waals surface area contributed by atoms with Crippen LogP contribution < -0.4 is 5.32 Å². The first kappa shape index (κ1) is 15.4. The molecule has 0 aromatic rings. The predicted octanol–water partition coefficient (Wildman–Crippen LogP) is -0.395. The van der Waals surface area contributed by atoms with Crippen molar-refractivity contribution in [2.45, 2.75) is 32.2 Å². The van der Waals surface area contributed by atoms with Crippen molar-refractivity contribution < 1.29 is 24.2 Å². The number of carboxylic acid groups (broad SMARTS) is 1. The number of hydrogen-bond donors (Lipinski definition) is 2. The van der Waals surface area contributed by atoms with Gasteiger partial charge in [-0.25, -0.2) is 0 Å². The molecule has 19 heavy (non-hydrogen) atoms. The lowest BCUT2D eigenvalue weighted by atomic mass is 10.1. The summed E-state index contributed by atoms with van der Waals surface area (Å²) >= 11 is 0. The highest BCUT2D eigenvalue weighted by Gasteiger charge is 2.34. The first-order valence-corrected chi connectivity index (χ1v) is 6.43. The average molecular weight is 272 g/mol. The maximum Gasteiger partial charge on any atom is 0.305 e. The monoisotopic (exact) mass is 272 g/mol. The van der Waals surface area contributed by atoms with Gasteiger partial charge in [0.05, 0.1) is 19.4 Å². The molecule has 1 rings (SSSR count). The molecular weight excluding hydrogens is 252 g/mol. The molecule has 7 nitrogen and oxygen atoms in total. The van der Waals surface area contributed by atoms with Crippen molar-refractivity contribution in [1.82, 2.24) is 10.2 Å². The van der Waals surface area contributed by atoms with Gasteiger partial charge in [-0.1, -0.05) is 6.92 Å². The number of carbonyl (C=O) groups is 3. The molecule has 1 atom stereocenters. The molecule has 7 heteroatoms. The van der Waals surface area contributed by atoms with Crippen LogP contribution in [-0.2, 0) is 19.1 Å². The normalized spacial score (nSPS) is 19.1. The molecule has 2 N–H and O–H groups in total. The van der Waals surface area contributed by atoms with Crippen LogP contribution in [0.15, 0.2) is 0 Å². The van der Waals surface area contributed by atoms with Gasteiger partial charge in [-0.15, -0.1) is 0 Å². The average Bonchev–Trinajstić information content (AvgIpc) is 2.36. The van der Waals surface area contributed by atoms with E-state index in [4.69, 9.17) is 9.84 Å². The van der Waals surface area contributed by atoms with Crippen molar-refractivity contribution in [3.63, 3.8) is 0 Å². The zero-order chi connectivity index (χ0) is 14.3. The Hall–Kier alpha value is -1.63. The number of amides is 2. The summed E-state index contributed by atoms with van der Waals surface area (Å²) in [6.07, 6.45) is 0.679. The summed E-state index contributed by atoms with van der Waals surface area (Å²) in [7, 11) is 0. The molecule has 1 saturated heterocycles. The Morgan fingerprint density at radius 3 is 2.84 bits per heavy atom. The SMILES string of the molecule is CCCOCCC(=O)N1CCNC(=O)C1CC(=O)O. The van der Waals surface area contributed by atoms with Crippen molar-refractivity contribution in [3.8, 4) is 0 Å². The number of ether oxygens (including phenoxy) is 1. The number of nitrogens with zero attached hydrogens (tertiary/aromatic N) is 1. The Labute approximate surface area is 111 Å². The summed E-state index contributed by atoms with van der Waals surface area (Å²) in [4.78, 5) is 35.7. The van der Waals surface area contributed by atoms with Gasteiger partial charge in [0.2, 0.25) is 11.8 Å². The highest BCUT2D eigenvalue weighted by Crippen LogP contribution is 2.11. The van der Waals surface area contributed by atoms with Crippen LogP contribution in [-0.4, -0.2) is 60.1 Å². The van der Waals surface area contributed by atoms with Gasteiger partial charge in [-0.2, -0.15) is 0 Å². The van der Waals surface area contributed by atoms with Gasteiger partial charge in [0.25, 0.3) is 0 Å². The van der Waals surface area contributed by atoms with Crippen molar-refractivity contribution in [3.05, 3.63) is 0 Å². The molecule has 0 radical (unpaired) electrons. The van der Waals surface area contributed by atoms with Crippen LogP contribution >= 0.6 is 0 Å². The Kier molecular flexibility index (Phi) is 6.27. The van der Waals surface area contributed by atoms with Gasteiger partial charge >= 0.3 is 5.97 Å². The van der Waals surface area contributed by atoms with Crippen molar-refractivity contribution in [2.24, 2.45) is 0 Å². The van der Waals surface area contributed by atoms with Gasteiger partial charge in [0.1, 0.15) is 6.04 Å². The first-order valence-electron chi connectivity index (χ1n) is 6.43. The van der Waals surface area contributed by atoms with E-state index in [-0.39, 0.29) is 18.7 Å². The smallest absolute Gasteiger partial charge is 0.305 e.